The second-order valence-corrected chi connectivity index (χ2v) is 8.34. The van der Waals surface area contributed by atoms with Crippen molar-refractivity contribution in [3.63, 3.8) is 0 Å². The molecule has 2 unspecified atom stereocenters. The monoisotopic (exact) mass is 435 g/mol. The number of unbranched alkanes of at least 4 members (excludes halogenated alkanes) is 11. The molecule has 0 bridgehead atoms. The Morgan fingerprint density at radius 3 is 1.74 bits per heavy atom. The van der Waals surface area contributed by atoms with Crippen molar-refractivity contribution in [1.29, 1.82) is 0 Å². The molecule has 4 nitrogen and oxygen atoms in total. The van der Waals surface area contributed by atoms with Gasteiger partial charge in [-0.05, 0) is 38.5 Å². The SMILES string of the molecule is CCCCCCCCCCC/C=C/CC/C=C/CC/C=C/C(O)C(CO)NC(=O)CC. The van der Waals surface area contributed by atoms with E-state index in [-0.39, 0.29) is 12.5 Å². The topological polar surface area (TPSA) is 69.6 Å². The predicted molar refractivity (Wildman–Crippen MR) is 133 cm³/mol. The van der Waals surface area contributed by atoms with Crippen molar-refractivity contribution in [3.8, 4) is 0 Å². The van der Waals surface area contributed by atoms with Crippen LogP contribution in [-0.4, -0.2) is 34.9 Å². The van der Waals surface area contributed by atoms with Gasteiger partial charge in [-0.15, -0.1) is 0 Å². The van der Waals surface area contributed by atoms with Crippen LogP contribution in [0, 0.1) is 0 Å². The maximum absolute atomic E-state index is 11.4. The zero-order chi connectivity index (χ0) is 23.0. The number of nitrogens with one attached hydrogen (secondary N) is 1. The fraction of sp³-hybridized carbons (Fsp3) is 0.741. The minimum Gasteiger partial charge on any atom is -0.394 e. The Morgan fingerprint density at radius 1 is 0.742 bits per heavy atom. The lowest BCUT2D eigenvalue weighted by Crippen LogP contribution is -2.44. The number of carbonyl (C=O) groups is 1. The van der Waals surface area contributed by atoms with Crippen molar-refractivity contribution in [2.75, 3.05) is 6.61 Å². The van der Waals surface area contributed by atoms with Gasteiger partial charge in [-0.3, -0.25) is 4.79 Å². The van der Waals surface area contributed by atoms with Gasteiger partial charge in [0.1, 0.15) is 0 Å². The molecule has 0 saturated heterocycles. The Bertz CT molecular complexity index is 485. The van der Waals surface area contributed by atoms with Crippen LogP contribution in [0.5, 0.6) is 0 Å². The molecule has 2 atom stereocenters. The average Bonchev–Trinajstić information content (AvgIpc) is 2.78. The summed E-state index contributed by atoms with van der Waals surface area (Å²) in [6, 6.07) is -0.637. The number of aliphatic hydroxyl groups is 2. The molecular formula is C27H49NO3. The minimum absolute atomic E-state index is 0.170. The van der Waals surface area contributed by atoms with E-state index in [4.69, 9.17) is 0 Å². The van der Waals surface area contributed by atoms with Crippen LogP contribution in [0.4, 0.5) is 0 Å². The molecule has 3 N–H and O–H groups in total. The highest BCUT2D eigenvalue weighted by Gasteiger charge is 2.16. The van der Waals surface area contributed by atoms with E-state index in [0.29, 0.717) is 6.42 Å². The first-order valence-electron chi connectivity index (χ1n) is 12.7. The fourth-order valence-corrected chi connectivity index (χ4v) is 3.35. The van der Waals surface area contributed by atoms with Gasteiger partial charge in [-0.2, -0.15) is 0 Å². The van der Waals surface area contributed by atoms with Gasteiger partial charge >= 0.3 is 0 Å². The van der Waals surface area contributed by atoms with Gasteiger partial charge in [0.25, 0.3) is 0 Å². The average molecular weight is 436 g/mol. The van der Waals surface area contributed by atoms with Crippen LogP contribution in [0.2, 0.25) is 0 Å². The maximum atomic E-state index is 11.4. The summed E-state index contributed by atoms with van der Waals surface area (Å²) < 4.78 is 0. The highest BCUT2D eigenvalue weighted by Crippen LogP contribution is 2.11. The van der Waals surface area contributed by atoms with E-state index in [9.17, 15) is 15.0 Å². The van der Waals surface area contributed by atoms with Gasteiger partial charge < -0.3 is 15.5 Å². The highest BCUT2D eigenvalue weighted by molar-refractivity contribution is 5.75. The molecule has 31 heavy (non-hydrogen) atoms. The normalized spacial score (nSPS) is 14.1. The van der Waals surface area contributed by atoms with E-state index in [1.165, 1.54) is 64.2 Å². The van der Waals surface area contributed by atoms with Crippen LogP contribution >= 0.6 is 0 Å². The van der Waals surface area contributed by atoms with Crippen molar-refractivity contribution in [2.45, 2.75) is 122 Å². The van der Waals surface area contributed by atoms with Crippen molar-refractivity contribution in [1.82, 2.24) is 5.32 Å². The van der Waals surface area contributed by atoms with E-state index < -0.39 is 12.1 Å². The summed E-state index contributed by atoms with van der Waals surface area (Å²) in [6.45, 7) is 3.74. The Morgan fingerprint density at radius 2 is 1.23 bits per heavy atom. The molecule has 0 aromatic heterocycles. The number of allylic oxidation sites excluding steroid dienone is 5. The van der Waals surface area contributed by atoms with E-state index in [0.717, 1.165) is 25.7 Å². The van der Waals surface area contributed by atoms with Gasteiger partial charge in [0, 0.05) is 6.42 Å². The Balaban J connectivity index is 3.58. The van der Waals surface area contributed by atoms with Crippen LogP contribution in [0.25, 0.3) is 0 Å². The third-order valence-corrected chi connectivity index (χ3v) is 5.42. The van der Waals surface area contributed by atoms with E-state index in [1.54, 1.807) is 13.0 Å². The number of rotatable bonds is 21. The second-order valence-electron chi connectivity index (χ2n) is 8.34. The Labute approximate surface area is 191 Å². The maximum Gasteiger partial charge on any atom is 0.220 e. The molecule has 0 heterocycles. The van der Waals surface area contributed by atoms with E-state index >= 15 is 0 Å². The van der Waals surface area contributed by atoms with Gasteiger partial charge in [0.05, 0.1) is 18.8 Å². The van der Waals surface area contributed by atoms with Crippen LogP contribution in [0.1, 0.15) is 110 Å². The molecule has 0 saturated carbocycles. The molecule has 0 aromatic rings. The summed E-state index contributed by atoms with van der Waals surface area (Å²) in [4.78, 5) is 11.4. The summed E-state index contributed by atoms with van der Waals surface area (Å²) in [5, 5.41) is 21.9. The quantitative estimate of drug-likeness (QED) is 0.145. The molecule has 0 spiro atoms. The largest absolute Gasteiger partial charge is 0.394 e. The molecule has 1 amide bonds. The third-order valence-electron chi connectivity index (χ3n) is 5.42. The number of carbonyl (C=O) groups excluding carboxylic acids is 1. The molecule has 0 radical (unpaired) electrons. The summed E-state index contributed by atoms with van der Waals surface area (Å²) in [5.41, 5.74) is 0. The van der Waals surface area contributed by atoms with Crippen LogP contribution in [-0.2, 0) is 4.79 Å². The smallest absolute Gasteiger partial charge is 0.220 e. The first-order valence-corrected chi connectivity index (χ1v) is 12.7. The molecule has 180 valence electrons. The van der Waals surface area contributed by atoms with Crippen molar-refractivity contribution >= 4 is 5.91 Å². The van der Waals surface area contributed by atoms with E-state index in [2.05, 4.69) is 36.5 Å². The van der Waals surface area contributed by atoms with Crippen molar-refractivity contribution < 1.29 is 15.0 Å². The molecule has 0 fully saturated rings. The lowest BCUT2D eigenvalue weighted by Gasteiger charge is -2.19. The predicted octanol–water partition coefficient (Wildman–Crippen LogP) is 6.38. The van der Waals surface area contributed by atoms with Crippen LogP contribution in [0.3, 0.4) is 0 Å². The fourth-order valence-electron chi connectivity index (χ4n) is 3.35. The zero-order valence-corrected chi connectivity index (χ0v) is 20.2. The van der Waals surface area contributed by atoms with Crippen LogP contribution < -0.4 is 5.32 Å². The van der Waals surface area contributed by atoms with E-state index in [1.807, 2.05) is 6.08 Å². The highest BCUT2D eigenvalue weighted by atomic mass is 16.3. The second kappa shape index (κ2) is 23.3. The van der Waals surface area contributed by atoms with Crippen LogP contribution in [0.15, 0.2) is 36.5 Å². The zero-order valence-electron chi connectivity index (χ0n) is 20.2. The molecule has 0 aromatic carbocycles. The Kier molecular flexibility index (Phi) is 22.2. The first-order chi connectivity index (χ1) is 15.2. The molecule has 0 rings (SSSR count). The van der Waals surface area contributed by atoms with Crippen molar-refractivity contribution in [3.05, 3.63) is 36.5 Å². The number of hydrogen-bond donors (Lipinski definition) is 3. The molecule has 4 heteroatoms. The van der Waals surface area contributed by atoms with Crippen molar-refractivity contribution in [2.24, 2.45) is 0 Å². The number of aliphatic hydroxyl groups excluding tert-OH is 2. The summed E-state index contributed by atoms with van der Waals surface area (Å²) in [5.74, 6) is -0.170. The van der Waals surface area contributed by atoms with Gasteiger partial charge in [0.15, 0.2) is 0 Å². The lowest BCUT2D eigenvalue weighted by molar-refractivity contribution is -0.122. The third kappa shape index (κ3) is 20.3. The molecular weight excluding hydrogens is 386 g/mol. The number of amides is 1. The standard InChI is InChI=1S/C27H49NO3/c1-3-5-6-7-8-9-10-11-12-13-14-15-16-17-18-19-20-21-22-23-26(30)25(24-29)28-27(31)4-2/h14-15,18-19,22-23,25-26,29-30H,3-13,16-17,20-21,24H2,1-2H3,(H,28,31)/b15-14+,19-18+,23-22+. The minimum atomic E-state index is -0.861. The summed E-state index contributed by atoms with van der Waals surface area (Å²) >= 11 is 0. The van der Waals surface area contributed by atoms with Gasteiger partial charge in [0.2, 0.25) is 5.91 Å². The first kappa shape index (κ1) is 29.6. The molecule has 0 aliphatic rings. The summed E-state index contributed by atoms with van der Waals surface area (Å²) in [6.07, 6.45) is 29.6. The lowest BCUT2D eigenvalue weighted by atomic mass is 10.1. The molecule has 0 aliphatic carbocycles. The van der Waals surface area contributed by atoms with Gasteiger partial charge in [-0.25, -0.2) is 0 Å². The van der Waals surface area contributed by atoms with Gasteiger partial charge in [-0.1, -0.05) is 102 Å². The Hall–Kier alpha value is -1.39. The number of hydrogen-bond acceptors (Lipinski definition) is 3. The molecule has 0 aliphatic heterocycles. The summed E-state index contributed by atoms with van der Waals surface area (Å²) in [7, 11) is 0.